The molecule has 3 rings (SSSR count). The van der Waals surface area contributed by atoms with Crippen molar-refractivity contribution < 1.29 is 38.6 Å². The Bertz CT molecular complexity index is 1170. The van der Waals surface area contributed by atoms with Crippen LogP contribution in [0.2, 0.25) is 0 Å². The minimum absolute atomic E-state index is 0.0712. The van der Waals surface area contributed by atoms with Crippen molar-refractivity contribution in [3.05, 3.63) is 42.1 Å². The topological polar surface area (TPSA) is 160 Å². The number of nitrogens with zero attached hydrogens (tertiary/aromatic N) is 4. The first kappa shape index (κ1) is 29.1. The van der Waals surface area contributed by atoms with Crippen LogP contribution < -0.4 is 10.1 Å². The Labute approximate surface area is 225 Å². The van der Waals surface area contributed by atoms with Gasteiger partial charge in [-0.15, -0.1) is 0 Å². The van der Waals surface area contributed by atoms with E-state index in [2.05, 4.69) is 10.4 Å². The highest BCUT2D eigenvalue weighted by atomic mass is 16.6. The molecule has 2 heterocycles. The monoisotopic (exact) mass is 543 g/mol. The van der Waals surface area contributed by atoms with Gasteiger partial charge in [0.2, 0.25) is 11.8 Å². The van der Waals surface area contributed by atoms with Gasteiger partial charge < -0.3 is 29.7 Å². The van der Waals surface area contributed by atoms with E-state index < -0.39 is 29.9 Å². The Morgan fingerprint density at radius 2 is 1.69 bits per heavy atom. The van der Waals surface area contributed by atoms with Gasteiger partial charge in [-0.3, -0.25) is 19.2 Å². The van der Waals surface area contributed by atoms with Crippen LogP contribution in [0.3, 0.4) is 0 Å². The molecule has 1 aliphatic heterocycles. The zero-order chi connectivity index (χ0) is 28.4. The van der Waals surface area contributed by atoms with Gasteiger partial charge in [0.15, 0.2) is 11.5 Å². The first-order chi connectivity index (χ1) is 18.7. The molecule has 0 radical (unpaired) electrons. The second-order valence-electron chi connectivity index (χ2n) is 8.77. The number of ketones is 1. The number of carbonyl (C=O) groups is 5. The molecule has 1 unspecified atom stereocenters. The molecule has 1 atom stereocenters. The zero-order valence-electron chi connectivity index (χ0n) is 22.0. The van der Waals surface area contributed by atoms with Gasteiger partial charge in [0.05, 0.1) is 12.3 Å². The second-order valence-corrected chi connectivity index (χ2v) is 8.77. The lowest BCUT2D eigenvalue weighted by Gasteiger charge is -2.35. The molecule has 3 amide bonds. The predicted molar refractivity (Wildman–Crippen MR) is 138 cm³/mol. The van der Waals surface area contributed by atoms with E-state index in [9.17, 15) is 29.1 Å². The molecule has 0 saturated carbocycles. The summed E-state index contributed by atoms with van der Waals surface area (Å²) < 4.78 is 12.0. The molecular weight excluding hydrogens is 510 g/mol. The molecule has 0 aliphatic carbocycles. The molecule has 1 fully saturated rings. The standard InChI is InChI=1S/C26H33N5O8/c1-3-19(32)17-39-22-16-21(28-31(22)18-8-6-5-7-9-18)24(35)27-20(10-11-23(33)34)25(36)29-12-14-30(15-13-29)26(37)38-4-2/h5-9,16,20H,3-4,10-15,17H2,1-2H3,(H,27,35)(H,33,34). The highest BCUT2D eigenvalue weighted by Crippen LogP contribution is 2.20. The molecular formula is C26H33N5O8. The van der Waals surface area contributed by atoms with Crippen LogP contribution in [0.25, 0.3) is 5.69 Å². The maximum atomic E-state index is 13.3. The third-order valence-electron chi connectivity index (χ3n) is 6.05. The fourth-order valence-corrected chi connectivity index (χ4v) is 3.89. The van der Waals surface area contributed by atoms with Crippen LogP contribution >= 0.6 is 0 Å². The SMILES string of the molecule is CCOC(=O)N1CCN(C(=O)C(CCC(=O)O)NC(=O)c2cc(OCC(=O)CC)n(-c3ccccc3)n2)CC1. The molecule has 2 aromatic rings. The van der Waals surface area contributed by atoms with Gasteiger partial charge in [-0.25, -0.2) is 9.48 Å². The molecule has 1 saturated heterocycles. The summed E-state index contributed by atoms with van der Waals surface area (Å²) in [5.41, 5.74) is 0.520. The highest BCUT2D eigenvalue weighted by molar-refractivity contribution is 5.96. The first-order valence-corrected chi connectivity index (χ1v) is 12.8. The van der Waals surface area contributed by atoms with Crippen LogP contribution in [-0.2, 0) is 19.1 Å². The van der Waals surface area contributed by atoms with Crippen molar-refractivity contribution in [3.63, 3.8) is 0 Å². The van der Waals surface area contributed by atoms with Gasteiger partial charge in [-0.1, -0.05) is 25.1 Å². The molecule has 13 heteroatoms. The number of carboxylic acids is 1. The van der Waals surface area contributed by atoms with E-state index in [-0.39, 0.29) is 76.0 Å². The fourth-order valence-electron chi connectivity index (χ4n) is 3.89. The fraction of sp³-hybridized carbons (Fsp3) is 0.462. The first-order valence-electron chi connectivity index (χ1n) is 12.8. The molecule has 0 spiro atoms. The number of carbonyl (C=O) groups excluding carboxylic acids is 4. The second kappa shape index (κ2) is 13.9. The van der Waals surface area contributed by atoms with E-state index in [4.69, 9.17) is 9.47 Å². The number of hydrogen-bond acceptors (Lipinski definition) is 8. The Morgan fingerprint density at radius 1 is 1.03 bits per heavy atom. The number of para-hydroxylation sites is 1. The van der Waals surface area contributed by atoms with Crippen molar-refractivity contribution in [2.75, 3.05) is 39.4 Å². The largest absolute Gasteiger partial charge is 0.481 e. The summed E-state index contributed by atoms with van der Waals surface area (Å²) in [6.45, 7) is 4.38. The normalized spacial score (nSPS) is 13.9. The number of hydrogen-bond donors (Lipinski definition) is 2. The van der Waals surface area contributed by atoms with Gasteiger partial charge in [0.1, 0.15) is 12.6 Å². The average Bonchev–Trinajstić information content (AvgIpc) is 3.38. The number of ether oxygens (including phenoxy) is 2. The summed E-state index contributed by atoms with van der Waals surface area (Å²) in [4.78, 5) is 64.5. The minimum atomic E-state index is -1.13. The molecule has 1 aliphatic rings. The summed E-state index contributed by atoms with van der Waals surface area (Å²) in [6, 6.07) is 9.10. The lowest BCUT2D eigenvalue weighted by Crippen LogP contribution is -2.56. The van der Waals surface area contributed by atoms with Crippen LogP contribution in [0, 0.1) is 0 Å². The van der Waals surface area contributed by atoms with Gasteiger partial charge in [0.25, 0.3) is 5.91 Å². The van der Waals surface area contributed by atoms with Gasteiger partial charge in [-0.2, -0.15) is 5.10 Å². The van der Waals surface area contributed by atoms with Crippen LogP contribution in [0.1, 0.15) is 43.6 Å². The van der Waals surface area contributed by atoms with E-state index in [0.29, 0.717) is 5.69 Å². The number of aromatic nitrogens is 2. The zero-order valence-corrected chi connectivity index (χ0v) is 22.0. The Balaban J connectivity index is 1.76. The molecule has 210 valence electrons. The van der Waals surface area contributed by atoms with Crippen molar-refractivity contribution in [1.29, 1.82) is 0 Å². The van der Waals surface area contributed by atoms with Crippen LogP contribution in [-0.4, -0.2) is 99.8 Å². The minimum Gasteiger partial charge on any atom is -0.481 e. The van der Waals surface area contributed by atoms with Crippen LogP contribution in [0.5, 0.6) is 5.88 Å². The van der Waals surface area contributed by atoms with E-state index in [1.54, 1.807) is 38.1 Å². The quantitative estimate of drug-likeness (QED) is 0.404. The molecule has 2 N–H and O–H groups in total. The van der Waals surface area contributed by atoms with E-state index in [1.165, 1.54) is 20.5 Å². The summed E-state index contributed by atoms with van der Waals surface area (Å²) in [5.74, 6) is -2.24. The van der Waals surface area contributed by atoms with Crippen LogP contribution in [0.15, 0.2) is 36.4 Å². The summed E-state index contributed by atoms with van der Waals surface area (Å²) >= 11 is 0. The van der Waals surface area contributed by atoms with Crippen molar-refractivity contribution in [2.24, 2.45) is 0 Å². The van der Waals surface area contributed by atoms with Gasteiger partial charge in [-0.05, 0) is 25.5 Å². The summed E-state index contributed by atoms with van der Waals surface area (Å²) in [7, 11) is 0. The maximum Gasteiger partial charge on any atom is 0.409 e. The number of aliphatic carboxylic acids is 1. The number of amides is 3. The van der Waals surface area contributed by atoms with E-state index in [1.807, 2.05) is 6.07 Å². The third kappa shape index (κ3) is 8.03. The van der Waals surface area contributed by atoms with Crippen molar-refractivity contribution in [1.82, 2.24) is 24.9 Å². The average molecular weight is 544 g/mol. The number of carboxylic acid groups (broad SMARTS) is 1. The Morgan fingerprint density at radius 3 is 2.31 bits per heavy atom. The summed E-state index contributed by atoms with van der Waals surface area (Å²) in [5, 5.41) is 16.1. The number of nitrogens with one attached hydrogen (secondary N) is 1. The number of benzene rings is 1. The van der Waals surface area contributed by atoms with E-state index in [0.717, 1.165) is 0 Å². The maximum absolute atomic E-state index is 13.3. The van der Waals surface area contributed by atoms with E-state index >= 15 is 0 Å². The van der Waals surface area contributed by atoms with Crippen molar-refractivity contribution >= 4 is 29.7 Å². The summed E-state index contributed by atoms with van der Waals surface area (Å²) in [6.07, 6.45) is -0.654. The smallest absolute Gasteiger partial charge is 0.409 e. The van der Waals surface area contributed by atoms with Gasteiger partial charge >= 0.3 is 12.1 Å². The third-order valence-corrected chi connectivity index (χ3v) is 6.05. The molecule has 13 nitrogen and oxygen atoms in total. The molecule has 0 bridgehead atoms. The van der Waals surface area contributed by atoms with Gasteiger partial charge in [0, 0.05) is 45.1 Å². The molecule has 1 aromatic carbocycles. The Hall–Kier alpha value is -4.42. The van der Waals surface area contributed by atoms with Crippen LogP contribution in [0.4, 0.5) is 4.79 Å². The lowest BCUT2D eigenvalue weighted by atomic mass is 10.1. The number of rotatable bonds is 12. The van der Waals surface area contributed by atoms with Crippen molar-refractivity contribution in [3.8, 4) is 11.6 Å². The number of Topliss-reactive ketones (excluding diaryl/α,β-unsaturated/α-hetero) is 1. The molecule has 1 aromatic heterocycles. The predicted octanol–water partition coefficient (Wildman–Crippen LogP) is 1.49. The highest BCUT2D eigenvalue weighted by Gasteiger charge is 2.31. The lowest BCUT2D eigenvalue weighted by molar-refractivity contribution is -0.138. The molecule has 39 heavy (non-hydrogen) atoms. The van der Waals surface area contributed by atoms with Crippen molar-refractivity contribution in [2.45, 2.75) is 39.2 Å². The number of piperazine rings is 1. The Kier molecular flexibility index (Phi) is 10.4.